The van der Waals surface area contributed by atoms with E-state index >= 15 is 0 Å². The van der Waals surface area contributed by atoms with E-state index in [1.54, 1.807) is 0 Å². The lowest BCUT2D eigenvalue weighted by Crippen LogP contribution is -2.26. The maximum atomic E-state index is 5.86. The van der Waals surface area contributed by atoms with Crippen LogP contribution in [0.5, 0.6) is 0 Å². The van der Waals surface area contributed by atoms with Gasteiger partial charge < -0.3 is 5.73 Å². The van der Waals surface area contributed by atoms with E-state index in [2.05, 4.69) is 52.0 Å². The maximum Gasteiger partial charge on any atom is 0.00156 e. The van der Waals surface area contributed by atoms with Gasteiger partial charge in [0.1, 0.15) is 0 Å². The SMILES string of the molecule is Cc1cccc(CC(C)(C)CC(C)N)c1. The smallest absolute Gasteiger partial charge is 0.00156 e. The van der Waals surface area contributed by atoms with Crippen molar-refractivity contribution in [3.8, 4) is 0 Å². The minimum atomic E-state index is 0.282. The molecule has 0 saturated carbocycles. The molecule has 0 heterocycles. The van der Waals surface area contributed by atoms with Crippen molar-refractivity contribution in [2.75, 3.05) is 0 Å². The molecule has 1 unspecified atom stereocenters. The molecule has 1 heteroatoms. The van der Waals surface area contributed by atoms with E-state index in [0.29, 0.717) is 5.41 Å². The highest BCUT2D eigenvalue weighted by molar-refractivity contribution is 5.23. The van der Waals surface area contributed by atoms with Gasteiger partial charge in [-0.05, 0) is 37.7 Å². The van der Waals surface area contributed by atoms with Crippen molar-refractivity contribution in [3.63, 3.8) is 0 Å². The fourth-order valence-electron chi connectivity index (χ4n) is 2.32. The normalized spacial score (nSPS) is 13.9. The summed E-state index contributed by atoms with van der Waals surface area (Å²) < 4.78 is 0. The van der Waals surface area contributed by atoms with Gasteiger partial charge in [-0.25, -0.2) is 0 Å². The summed E-state index contributed by atoms with van der Waals surface area (Å²) in [6.45, 7) is 8.80. The number of nitrogens with two attached hydrogens (primary N) is 1. The highest BCUT2D eigenvalue weighted by Crippen LogP contribution is 2.27. The lowest BCUT2D eigenvalue weighted by atomic mass is 9.80. The van der Waals surface area contributed by atoms with Gasteiger partial charge in [-0.3, -0.25) is 0 Å². The van der Waals surface area contributed by atoms with Crippen LogP contribution in [0.4, 0.5) is 0 Å². The maximum absolute atomic E-state index is 5.86. The molecular formula is C14H23N. The monoisotopic (exact) mass is 205 g/mol. The zero-order valence-corrected chi connectivity index (χ0v) is 10.4. The molecule has 0 aliphatic heterocycles. The van der Waals surface area contributed by atoms with Gasteiger partial charge in [-0.2, -0.15) is 0 Å². The third kappa shape index (κ3) is 4.48. The van der Waals surface area contributed by atoms with Gasteiger partial charge in [0.25, 0.3) is 0 Å². The predicted octanol–water partition coefficient (Wildman–Crippen LogP) is 3.30. The van der Waals surface area contributed by atoms with Gasteiger partial charge in [0, 0.05) is 6.04 Å². The number of hydrogen-bond acceptors (Lipinski definition) is 1. The first-order valence-electron chi connectivity index (χ1n) is 5.70. The van der Waals surface area contributed by atoms with Crippen LogP contribution in [0.25, 0.3) is 0 Å². The standard InChI is InChI=1S/C14H23N/c1-11-6-5-7-13(8-11)10-14(3,4)9-12(2)15/h5-8,12H,9-10,15H2,1-4H3. The fraction of sp³-hybridized carbons (Fsp3) is 0.571. The fourth-order valence-corrected chi connectivity index (χ4v) is 2.32. The Labute approximate surface area is 93.7 Å². The van der Waals surface area contributed by atoms with Crippen molar-refractivity contribution in [2.24, 2.45) is 11.1 Å². The molecule has 84 valence electrons. The molecule has 0 saturated heterocycles. The van der Waals surface area contributed by atoms with E-state index in [4.69, 9.17) is 5.73 Å². The molecule has 2 N–H and O–H groups in total. The van der Waals surface area contributed by atoms with E-state index in [9.17, 15) is 0 Å². The van der Waals surface area contributed by atoms with Crippen LogP contribution in [0, 0.1) is 12.3 Å². The van der Waals surface area contributed by atoms with Gasteiger partial charge in [0.2, 0.25) is 0 Å². The van der Waals surface area contributed by atoms with Crippen LogP contribution >= 0.6 is 0 Å². The van der Waals surface area contributed by atoms with Crippen molar-refractivity contribution in [3.05, 3.63) is 35.4 Å². The third-order valence-corrected chi connectivity index (χ3v) is 2.64. The summed E-state index contributed by atoms with van der Waals surface area (Å²) in [5, 5.41) is 0. The quantitative estimate of drug-likeness (QED) is 0.802. The van der Waals surface area contributed by atoms with Gasteiger partial charge in [0.15, 0.2) is 0 Å². The molecule has 0 aromatic heterocycles. The first-order valence-corrected chi connectivity index (χ1v) is 5.70. The summed E-state index contributed by atoms with van der Waals surface area (Å²) in [7, 11) is 0. The van der Waals surface area contributed by atoms with Crippen LogP contribution in [-0.4, -0.2) is 6.04 Å². The average molecular weight is 205 g/mol. The van der Waals surface area contributed by atoms with Gasteiger partial charge in [-0.1, -0.05) is 43.7 Å². The van der Waals surface area contributed by atoms with Crippen molar-refractivity contribution in [1.82, 2.24) is 0 Å². The highest BCUT2D eigenvalue weighted by Gasteiger charge is 2.19. The zero-order valence-electron chi connectivity index (χ0n) is 10.4. The van der Waals surface area contributed by atoms with E-state index in [0.717, 1.165) is 12.8 Å². The predicted molar refractivity (Wildman–Crippen MR) is 66.9 cm³/mol. The Morgan fingerprint density at radius 3 is 2.53 bits per heavy atom. The van der Waals surface area contributed by atoms with Crippen molar-refractivity contribution in [2.45, 2.75) is 46.6 Å². The molecule has 1 atom stereocenters. The summed E-state index contributed by atoms with van der Waals surface area (Å²) in [6, 6.07) is 9.03. The van der Waals surface area contributed by atoms with Gasteiger partial charge in [-0.15, -0.1) is 0 Å². The second-order valence-corrected chi connectivity index (χ2v) is 5.51. The van der Waals surface area contributed by atoms with Crippen LogP contribution < -0.4 is 5.73 Å². The Morgan fingerprint density at radius 2 is 2.00 bits per heavy atom. The average Bonchev–Trinajstić information content (AvgIpc) is 1.99. The first kappa shape index (κ1) is 12.3. The van der Waals surface area contributed by atoms with Crippen molar-refractivity contribution >= 4 is 0 Å². The largest absolute Gasteiger partial charge is 0.328 e. The molecule has 0 aliphatic rings. The van der Waals surface area contributed by atoms with Gasteiger partial charge in [0.05, 0.1) is 0 Å². The van der Waals surface area contributed by atoms with Crippen LogP contribution in [0.15, 0.2) is 24.3 Å². The Morgan fingerprint density at radius 1 is 1.33 bits per heavy atom. The molecule has 1 nitrogen and oxygen atoms in total. The van der Waals surface area contributed by atoms with E-state index in [1.807, 2.05) is 0 Å². The summed E-state index contributed by atoms with van der Waals surface area (Å²) in [5.74, 6) is 0. The molecular weight excluding hydrogens is 182 g/mol. The molecule has 1 aromatic rings. The summed E-state index contributed by atoms with van der Waals surface area (Å²) in [6.07, 6.45) is 2.18. The van der Waals surface area contributed by atoms with Crippen LogP contribution in [0.2, 0.25) is 0 Å². The Bertz CT molecular complexity index is 313. The van der Waals surface area contributed by atoms with Crippen molar-refractivity contribution in [1.29, 1.82) is 0 Å². The first-order chi connectivity index (χ1) is 6.89. The van der Waals surface area contributed by atoms with Crippen molar-refractivity contribution < 1.29 is 0 Å². The Kier molecular flexibility index (Phi) is 3.92. The van der Waals surface area contributed by atoms with Crippen LogP contribution in [-0.2, 0) is 6.42 Å². The summed E-state index contributed by atoms with van der Waals surface area (Å²) in [4.78, 5) is 0. The molecule has 15 heavy (non-hydrogen) atoms. The molecule has 0 amide bonds. The number of rotatable bonds is 4. The lowest BCUT2D eigenvalue weighted by molar-refractivity contribution is 0.309. The highest BCUT2D eigenvalue weighted by atomic mass is 14.6. The Hall–Kier alpha value is -0.820. The molecule has 0 fully saturated rings. The third-order valence-electron chi connectivity index (χ3n) is 2.64. The lowest BCUT2D eigenvalue weighted by Gasteiger charge is -2.26. The number of benzene rings is 1. The molecule has 0 spiro atoms. The van der Waals surface area contributed by atoms with E-state index < -0.39 is 0 Å². The number of aryl methyl sites for hydroxylation is 1. The second kappa shape index (κ2) is 4.80. The topological polar surface area (TPSA) is 26.0 Å². The molecule has 0 radical (unpaired) electrons. The summed E-state index contributed by atoms with van der Waals surface area (Å²) in [5.41, 5.74) is 8.91. The minimum Gasteiger partial charge on any atom is -0.328 e. The van der Waals surface area contributed by atoms with E-state index in [1.165, 1.54) is 11.1 Å². The van der Waals surface area contributed by atoms with Gasteiger partial charge >= 0.3 is 0 Å². The Balaban J connectivity index is 2.68. The molecule has 0 bridgehead atoms. The van der Waals surface area contributed by atoms with Crippen LogP contribution in [0.3, 0.4) is 0 Å². The second-order valence-electron chi connectivity index (χ2n) is 5.51. The minimum absolute atomic E-state index is 0.282. The molecule has 1 aromatic carbocycles. The zero-order chi connectivity index (χ0) is 11.5. The van der Waals surface area contributed by atoms with Crippen LogP contribution in [0.1, 0.15) is 38.3 Å². The summed E-state index contributed by atoms with van der Waals surface area (Å²) >= 11 is 0. The van der Waals surface area contributed by atoms with E-state index in [-0.39, 0.29) is 6.04 Å². The number of hydrogen-bond donors (Lipinski definition) is 1. The molecule has 0 aliphatic carbocycles. The molecule has 1 rings (SSSR count).